The van der Waals surface area contributed by atoms with E-state index in [0.29, 0.717) is 4.90 Å². The SMILES string of the molecule is CCCCCCc1ccc(S(=O)(=O)NC2CC2)cc1. The molecule has 0 saturated heterocycles. The molecule has 0 heterocycles. The molecule has 0 aliphatic heterocycles. The van der Waals surface area contributed by atoms with Gasteiger partial charge in [-0.2, -0.15) is 0 Å². The van der Waals surface area contributed by atoms with Crippen LogP contribution in [0.5, 0.6) is 0 Å². The third-order valence-corrected chi connectivity index (χ3v) is 4.99. The highest BCUT2D eigenvalue weighted by atomic mass is 32.2. The van der Waals surface area contributed by atoms with Crippen LogP contribution in [0, 0.1) is 0 Å². The van der Waals surface area contributed by atoms with Crippen LogP contribution in [0.2, 0.25) is 0 Å². The lowest BCUT2D eigenvalue weighted by atomic mass is 10.1. The van der Waals surface area contributed by atoms with Gasteiger partial charge in [0.15, 0.2) is 0 Å². The third-order valence-electron chi connectivity index (χ3n) is 3.45. The molecule has 19 heavy (non-hydrogen) atoms. The molecule has 1 aliphatic carbocycles. The van der Waals surface area contributed by atoms with E-state index in [9.17, 15) is 8.42 Å². The summed E-state index contributed by atoms with van der Waals surface area (Å²) in [6.45, 7) is 2.20. The van der Waals surface area contributed by atoms with Gasteiger partial charge >= 0.3 is 0 Å². The molecule has 1 aliphatic rings. The van der Waals surface area contributed by atoms with Crippen molar-refractivity contribution < 1.29 is 8.42 Å². The molecule has 0 aromatic heterocycles. The normalized spacial score (nSPS) is 15.6. The summed E-state index contributed by atoms with van der Waals surface area (Å²) in [6.07, 6.45) is 7.92. The third kappa shape index (κ3) is 4.62. The molecule has 0 radical (unpaired) electrons. The summed E-state index contributed by atoms with van der Waals surface area (Å²) < 4.78 is 26.7. The zero-order chi connectivity index (χ0) is 13.7. The highest BCUT2D eigenvalue weighted by molar-refractivity contribution is 7.89. The van der Waals surface area contributed by atoms with E-state index in [2.05, 4.69) is 11.6 Å². The van der Waals surface area contributed by atoms with Crippen molar-refractivity contribution in [3.63, 3.8) is 0 Å². The minimum absolute atomic E-state index is 0.165. The molecular weight excluding hydrogens is 258 g/mol. The van der Waals surface area contributed by atoms with Gasteiger partial charge in [-0.1, -0.05) is 38.3 Å². The van der Waals surface area contributed by atoms with E-state index in [-0.39, 0.29) is 6.04 Å². The van der Waals surface area contributed by atoms with E-state index in [0.717, 1.165) is 19.3 Å². The van der Waals surface area contributed by atoms with Gasteiger partial charge < -0.3 is 0 Å². The maximum absolute atomic E-state index is 12.0. The monoisotopic (exact) mass is 281 g/mol. The number of nitrogens with one attached hydrogen (secondary N) is 1. The lowest BCUT2D eigenvalue weighted by Crippen LogP contribution is -2.25. The second-order valence-electron chi connectivity index (χ2n) is 5.35. The minimum atomic E-state index is -3.29. The van der Waals surface area contributed by atoms with Crippen molar-refractivity contribution in [3.8, 4) is 0 Å². The van der Waals surface area contributed by atoms with Crippen LogP contribution < -0.4 is 4.72 Å². The van der Waals surface area contributed by atoms with Gasteiger partial charge in [-0.3, -0.25) is 0 Å². The molecular formula is C15H23NO2S. The Balaban J connectivity index is 1.90. The smallest absolute Gasteiger partial charge is 0.208 e. The average Bonchev–Trinajstić information content (AvgIpc) is 3.18. The Bertz CT molecular complexity index is 489. The summed E-state index contributed by atoms with van der Waals surface area (Å²) in [5.74, 6) is 0. The standard InChI is InChI=1S/C15H23NO2S/c1-2-3-4-5-6-13-7-11-15(12-8-13)19(17,18)16-14-9-10-14/h7-8,11-12,14,16H,2-6,9-10H2,1H3. The van der Waals surface area contributed by atoms with E-state index in [1.54, 1.807) is 12.1 Å². The second-order valence-corrected chi connectivity index (χ2v) is 7.06. The molecule has 0 unspecified atom stereocenters. The zero-order valence-electron chi connectivity index (χ0n) is 11.6. The van der Waals surface area contributed by atoms with Gasteiger partial charge in [0.25, 0.3) is 0 Å². The molecule has 1 fully saturated rings. The molecule has 0 amide bonds. The summed E-state index contributed by atoms with van der Waals surface area (Å²) in [7, 11) is -3.29. The predicted molar refractivity (Wildman–Crippen MR) is 77.6 cm³/mol. The quantitative estimate of drug-likeness (QED) is 0.743. The first-order valence-electron chi connectivity index (χ1n) is 7.23. The molecule has 0 bridgehead atoms. The molecule has 1 aromatic carbocycles. The predicted octanol–water partition coefficient (Wildman–Crippen LogP) is 3.25. The number of rotatable bonds is 8. The van der Waals surface area contributed by atoms with Crippen molar-refractivity contribution in [1.29, 1.82) is 0 Å². The summed E-state index contributed by atoms with van der Waals surface area (Å²) in [4.78, 5) is 0.386. The summed E-state index contributed by atoms with van der Waals surface area (Å²) in [6, 6.07) is 7.49. The van der Waals surface area contributed by atoms with Crippen molar-refractivity contribution >= 4 is 10.0 Å². The van der Waals surface area contributed by atoms with Crippen molar-refractivity contribution in [1.82, 2.24) is 4.72 Å². The lowest BCUT2D eigenvalue weighted by Gasteiger charge is -2.06. The van der Waals surface area contributed by atoms with Crippen LogP contribution >= 0.6 is 0 Å². The number of aryl methyl sites for hydroxylation is 1. The Morgan fingerprint density at radius 3 is 2.37 bits per heavy atom. The van der Waals surface area contributed by atoms with Gasteiger partial charge in [-0.15, -0.1) is 0 Å². The number of hydrogen-bond acceptors (Lipinski definition) is 2. The minimum Gasteiger partial charge on any atom is -0.208 e. The number of unbranched alkanes of at least 4 members (excludes halogenated alkanes) is 3. The van der Waals surface area contributed by atoms with Gasteiger partial charge in [-0.25, -0.2) is 13.1 Å². The van der Waals surface area contributed by atoms with Gasteiger partial charge in [0.2, 0.25) is 10.0 Å². The first kappa shape index (κ1) is 14.5. The summed E-state index contributed by atoms with van der Waals surface area (Å²) in [5, 5.41) is 0. The zero-order valence-corrected chi connectivity index (χ0v) is 12.4. The summed E-state index contributed by atoms with van der Waals surface area (Å²) >= 11 is 0. The number of benzene rings is 1. The molecule has 0 atom stereocenters. The topological polar surface area (TPSA) is 46.2 Å². The Morgan fingerprint density at radius 2 is 1.79 bits per heavy atom. The molecule has 106 valence electrons. The molecule has 1 aromatic rings. The average molecular weight is 281 g/mol. The first-order chi connectivity index (χ1) is 9.12. The van der Waals surface area contributed by atoms with E-state index in [1.807, 2.05) is 12.1 Å². The molecule has 2 rings (SSSR count). The second kappa shape index (κ2) is 6.53. The van der Waals surface area contributed by atoms with Gasteiger partial charge in [0.05, 0.1) is 4.90 Å². The maximum Gasteiger partial charge on any atom is 0.240 e. The molecule has 0 spiro atoms. The van der Waals surface area contributed by atoms with Crippen molar-refractivity contribution in [2.24, 2.45) is 0 Å². The van der Waals surface area contributed by atoms with Crippen LogP contribution in [0.15, 0.2) is 29.2 Å². The van der Waals surface area contributed by atoms with Crippen LogP contribution in [0.1, 0.15) is 51.0 Å². The molecule has 1 saturated carbocycles. The maximum atomic E-state index is 12.0. The number of sulfonamides is 1. The Morgan fingerprint density at radius 1 is 1.11 bits per heavy atom. The van der Waals surface area contributed by atoms with Crippen LogP contribution in [-0.2, 0) is 16.4 Å². The Hall–Kier alpha value is -0.870. The fourth-order valence-corrected chi connectivity index (χ4v) is 3.38. The largest absolute Gasteiger partial charge is 0.240 e. The van der Waals surface area contributed by atoms with Gasteiger partial charge in [0.1, 0.15) is 0 Å². The van der Waals surface area contributed by atoms with E-state index in [1.165, 1.54) is 31.2 Å². The van der Waals surface area contributed by atoms with E-state index >= 15 is 0 Å². The van der Waals surface area contributed by atoms with Crippen LogP contribution in [0.3, 0.4) is 0 Å². The van der Waals surface area contributed by atoms with Crippen molar-refractivity contribution in [2.75, 3.05) is 0 Å². The Labute approximate surface area is 116 Å². The van der Waals surface area contributed by atoms with Crippen molar-refractivity contribution in [2.45, 2.75) is 62.8 Å². The van der Waals surface area contributed by atoms with Crippen LogP contribution in [-0.4, -0.2) is 14.5 Å². The Kier molecular flexibility index (Phi) is 4.99. The fourth-order valence-electron chi connectivity index (χ4n) is 2.08. The molecule has 1 N–H and O–H groups in total. The lowest BCUT2D eigenvalue weighted by molar-refractivity contribution is 0.581. The van der Waals surface area contributed by atoms with Gasteiger partial charge in [0, 0.05) is 6.04 Å². The number of hydrogen-bond donors (Lipinski definition) is 1. The highest BCUT2D eigenvalue weighted by Gasteiger charge is 2.27. The summed E-state index contributed by atoms with van der Waals surface area (Å²) in [5.41, 5.74) is 1.22. The van der Waals surface area contributed by atoms with E-state index < -0.39 is 10.0 Å². The van der Waals surface area contributed by atoms with Gasteiger partial charge in [-0.05, 0) is 43.4 Å². The fraction of sp³-hybridized carbons (Fsp3) is 0.600. The van der Waals surface area contributed by atoms with Crippen LogP contribution in [0.25, 0.3) is 0 Å². The van der Waals surface area contributed by atoms with Crippen LogP contribution in [0.4, 0.5) is 0 Å². The first-order valence-corrected chi connectivity index (χ1v) is 8.71. The molecule has 4 heteroatoms. The van der Waals surface area contributed by atoms with Crippen molar-refractivity contribution in [3.05, 3.63) is 29.8 Å². The highest BCUT2D eigenvalue weighted by Crippen LogP contribution is 2.22. The van der Waals surface area contributed by atoms with E-state index in [4.69, 9.17) is 0 Å². The molecule has 3 nitrogen and oxygen atoms in total.